The van der Waals surface area contributed by atoms with Gasteiger partial charge in [-0.2, -0.15) is 0 Å². The van der Waals surface area contributed by atoms with Crippen molar-refractivity contribution in [3.05, 3.63) is 254 Å². The monoisotopic (exact) mass is 830 g/mol. The first-order valence-electron chi connectivity index (χ1n) is 22.6. The van der Waals surface area contributed by atoms with E-state index in [-0.39, 0.29) is 5.41 Å². The van der Waals surface area contributed by atoms with Gasteiger partial charge in [-0.3, -0.25) is 0 Å². The molecule has 308 valence electrons. The van der Waals surface area contributed by atoms with Gasteiger partial charge in [-0.15, -0.1) is 0 Å². The first kappa shape index (κ1) is 38.5. The highest BCUT2D eigenvalue weighted by atomic mass is 15.1. The molecule has 0 radical (unpaired) electrons. The van der Waals surface area contributed by atoms with E-state index in [1.165, 1.54) is 88.6 Å². The molecule has 1 aromatic heterocycles. The number of anilines is 3. The standard InChI is InChI=1S/C63H46N2/c1-63(2)57-28-14-11-23-52(57)53-41-40-49(42-58(53)63)64(61-31-17-27-51(46-20-7-4-8-21-46)62(61)56-26-10-9-22-50(56)45-18-5-3-6-19-45)47-36-32-43(33-37-47)44-34-38-48(39-35-44)65-59-29-15-12-24-54(59)55-25-13-16-30-60(55)65/h3-42H,1-2H3. The van der Waals surface area contributed by atoms with Gasteiger partial charge in [0.05, 0.1) is 16.7 Å². The zero-order valence-corrected chi connectivity index (χ0v) is 36.5. The second-order valence-electron chi connectivity index (χ2n) is 17.7. The average Bonchev–Trinajstić information content (AvgIpc) is 3.83. The smallest absolute Gasteiger partial charge is 0.0546 e. The Morgan fingerprint density at radius 2 is 0.831 bits per heavy atom. The van der Waals surface area contributed by atoms with Crippen LogP contribution in [-0.2, 0) is 5.41 Å². The fraction of sp³-hybridized carbons (Fsp3) is 0.0476. The minimum Gasteiger partial charge on any atom is -0.310 e. The zero-order chi connectivity index (χ0) is 43.5. The van der Waals surface area contributed by atoms with Crippen LogP contribution in [0.2, 0.25) is 0 Å². The number of nitrogens with zero attached hydrogens (tertiary/aromatic N) is 2. The highest BCUT2D eigenvalue weighted by Gasteiger charge is 2.36. The van der Waals surface area contributed by atoms with Gasteiger partial charge in [-0.05, 0) is 116 Å². The summed E-state index contributed by atoms with van der Waals surface area (Å²) in [4.78, 5) is 2.48. The average molecular weight is 831 g/mol. The molecule has 2 heteroatoms. The van der Waals surface area contributed by atoms with Crippen molar-refractivity contribution in [3.8, 4) is 61.3 Å². The number of hydrogen-bond acceptors (Lipinski definition) is 1. The van der Waals surface area contributed by atoms with Crippen LogP contribution >= 0.6 is 0 Å². The molecular formula is C63H46N2. The molecule has 1 heterocycles. The van der Waals surface area contributed by atoms with Crippen molar-refractivity contribution in [1.29, 1.82) is 0 Å². The second kappa shape index (κ2) is 15.6. The Labute approximate surface area is 381 Å². The maximum Gasteiger partial charge on any atom is 0.0546 e. The Hall–Kier alpha value is -8.20. The Kier molecular flexibility index (Phi) is 9.21. The maximum atomic E-state index is 2.48. The number of fused-ring (bicyclic) bond motifs is 6. The third-order valence-electron chi connectivity index (χ3n) is 13.6. The van der Waals surface area contributed by atoms with Gasteiger partial charge in [-0.1, -0.05) is 202 Å². The maximum absolute atomic E-state index is 2.48. The van der Waals surface area contributed by atoms with E-state index in [9.17, 15) is 0 Å². The van der Waals surface area contributed by atoms with Gasteiger partial charge in [-0.25, -0.2) is 0 Å². The van der Waals surface area contributed by atoms with Crippen molar-refractivity contribution in [2.75, 3.05) is 4.90 Å². The van der Waals surface area contributed by atoms with Crippen molar-refractivity contribution < 1.29 is 0 Å². The number of aromatic nitrogens is 1. The summed E-state index contributed by atoms with van der Waals surface area (Å²) in [6, 6.07) is 88.9. The first-order valence-corrected chi connectivity index (χ1v) is 22.6. The highest BCUT2D eigenvalue weighted by Crippen LogP contribution is 2.53. The van der Waals surface area contributed by atoms with Crippen LogP contribution in [0.15, 0.2) is 243 Å². The summed E-state index contributed by atoms with van der Waals surface area (Å²) in [5.74, 6) is 0. The van der Waals surface area contributed by atoms with Crippen molar-refractivity contribution >= 4 is 38.9 Å². The van der Waals surface area contributed by atoms with E-state index in [1.807, 2.05) is 0 Å². The molecule has 0 N–H and O–H groups in total. The molecule has 0 bridgehead atoms. The Morgan fingerprint density at radius 1 is 0.338 bits per heavy atom. The first-order chi connectivity index (χ1) is 32.0. The van der Waals surface area contributed by atoms with Gasteiger partial charge in [0.1, 0.15) is 0 Å². The van der Waals surface area contributed by atoms with Gasteiger partial charge in [0.2, 0.25) is 0 Å². The van der Waals surface area contributed by atoms with E-state index in [0.717, 1.165) is 22.7 Å². The van der Waals surface area contributed by atoms with Crippen molar-refractivity contribution in [1.82, 2.24) is 4.57 Å². The predicted molar refractivity (Wildman–Crippen MR) is 275 cm³/mol. The molecule has 1 aliphatic carbocycles. The van der Waals surface area contributed by atoms with E-state index in [0.29, 0.717) is 0 Å². The Morgan fingerprint density at radius 3 is 1.49 bits per heavy atom. The van der Waals surface area contributed by atoms with Crippen LogP contribution in [0.1, 0.15) is 25.0 Å². The summed E-state index contributed by atoms with van der Waals surface area (Å²) in [6.45, 7) is 4.73. The molecule has 0 saturated carbocycles. The molecule has 11 aromatic rings. The molecule has 0 aliphatic heterocycles. The molecule has 0 amide bonds. The van der Waals surface area contributed by atoms with Crippen LogP contribution < -0.4 is 4.90 Å². The fourth-order valence-corrected chi connectivity index (χ4v) is 10.5. The van der Waals surface area contributed by atoms with E-state index in [4.69, 9.17) is 0 Å². The van der Waals surface area contributed by atoms with Crippen molar-refractivity contribution in [2.24, 2.45) is 0 Å². The molecule has 0 atom stereocenters. The summed E-state index contributed by atoms with van der Waals surface area (Å²) in [5.41, 5.74) is 21.6. The molecule has 0 saturated heterocycles. The highest BCUT2D eigenvalue weighted by molar-refractivity contribution is 6.09. The lowest BCUT2D eigenvalue weighted by atomic mass is 9.82. The Bertz CT molecular complexity index is 3490. The number of para-hydroxylation sites is 2. The fourth-order valence-electron chi connectivity index (χ4n) is 10.5. The zero-order valence-electron chi connectivity index (χ0n) is 36.5. The van der Waals surface area contributed by atoms with Crippen LogP contribution in [0.5, 0.6) is 0 Å². The summed E-state index contributed by atoms with van der Waals surface area (Å²) >= 11 is 0. The molecule has 10 aromatic carbocycles. The van der Waals surface area contributed by atoms with Gasteiger partial charge >= 0.3 is 0 Å². The van der Waals surface area contributed by atoms with Crippen LogP contribution in [0.3, 0.4) is 0 Å². The van der Waals surface area contributed by atoms with E-state index in [1.54, 1.807) is 0 Å². The molecule has 1 aliphatic rings. The van der Waals surface area contributed by atoms with Crippen LogP contribution in [0, 0.1) is 0 Å². The van der Waals surface area contributed by atoms with Gasteiger partial charge < -0.3 is 9.47 Å². The number of benzene rings is 10. The molecule has 0 fully saturated rings. The summed E-state index contributed by atoms with van der Waals surface area (Å²) in [7, 11) is 0. The molecule has 12 rings (SSSR count). The van der Waals surface area contributed by atoms with Crippen LogP contribution in [-0.4, -0.2) is 4.57 Å². The largest absolute Gasteiger partial charge is 0.310 e. The van der Waals surface area contributed by atoms with Crippen LogP contribution in [0.4, 0.5) is 17.1 Å². The lowest BCUT2D eigenvalue weighted by Crippen LogP contribution is -2.17. The molecule has 2 nitrogen and oxygen atoms in total. The quantitative estimate of drug-likeness (QED) is 0.148. The van der Waals surface area contributed by atoms with Gasteiger partial charge in [0.15, 0.2) is 0 Å². The summed E-state index contributed by atoms with van der Waals surface area (Å²) in [6.07, 6.45) is 0. The number of hydrogen-bond donors (Lipinski definition) is 0. The normalized spacial score (nSPS) is 12.6. The lowest BCUT2D eigenvalue weighted by molar-refractivity contribution is 0.660. The molecule has 0 unspecified atom stereocenters. The molecule has 65 heavy (non-hydrogen) atoms. The third-order valence-corrected chi connectivity index (χ3v) is 13.6. The number of rotatable bonds is 8. The van der Waals surface area contributed by atoms with Crippen molar-refractivity contribution in [2.45, 2.75) is 19.3 Å². The molecule has 0 spiro atoms. The van der Waals surface area contributed by atoms with E-state index < -0.39 is 0 Å². The third kappa shape index (κ3) is 6.40. The summed E-state index contributed by atoms with van der Waals surface area (Å²) in [5, 5.41) is 2.54. The summed E-state index contributed by atoms with van der Waals surface area (Å²) < 4.78 is 2.38. The van der Waals surface area contributed by atoms with Gasteiger partial charge in [0, 0.05) is 38.8 Å². The second-order valence-corrected chi connectivity index (χ2v) is 17.7. The molecular weight excluding hydrogens is 785 g/mol. The topological polar surface area (TPSA) is 8.17 Å². The van der Waals surface area contributed by atoms with Crippen molar-refractivity contribution in [3.63, 3.8) is 0 Å². The van der Waals surface area contributed by atoms with E-state index >= 15 is 0 Å². The SMILES string of the molecule is CC1(C)c2ccccc2-c2ccc(N(c3ccc(-c4ccc(-n5c6ccccc6c6ccccc65)cc4)cc3)c3cccc(-c4ccccc4)c3-c3ccccc3-c3ccccc3)cc21. The minimum atomic E-state index is -0.155. The minimum absolute atomic E-state index is 0.155. The van der Waals surface area contributed by atoms with E-state index in [2.05, 4.69) is 266 Å². The van der Waals surface area contributed by atoms with Gasteiger partial charge in [0.25, 0.3) is 0 Å². The lowest BCUT2D eigenvalue weighted by Gasteiger charge is -2.31. The predicted octanol–water partition coefficient (Wildman–Crippen LogP) is 17.2. The Balaban J connectivity index is 1.03. The van der Waals surface area contributed by atoms with Crippen LogP contribution in [0.25, 0.3) is 83.1 Å².